The second-order valence-electron chi connectivity index (χ2n) is 9.00. The average molecular weight is 418 g/mol. The molecule has 1 aromatic carbocycles. The van der Waals surface area contributed by atoms with Gasteiger partial charge in [-0.2, -0.15) is 0 Å². The van der Waals surface area contributed by atoms with Crippen molar-refractivity contribution >= 4 is 5.78 Å². The van der Waals surface area contributed by atoms with Crippen molar-refractivity contribution in [2.45, 2.75) is 83.8 Å². The zero-order chi connectivity index (χ0) is 21.3. The Bertz CT molecular complexity index is 677. The van der Waals surface area contributed by atoms with E-state index in [9.17, 15) is 9.90 Å². The van der Waals surface area contributed by atoms with Crippen molar-refractivity contribution < 1.29 is 19.4 Å². The number of Topliss-reactive ketones (excluding diaryl/α,β-unsaturated/α-hetero) is 1. The minimum absolute atomic E-state index is 0.101. The van der Waals surface area contributed by atoms with Crippen LogP contribution in [0, 0.1) is 5.92 Å². The third-order valence-corrected chi connectivity index (χ3v) is 6.56. The number of nitrogens with zero attached hydrogens (tertiary/aromatic N) is 1. The highest BCUT2D eigenvalue weighted by atomic mass is 16.6. The van der Waals surface area contributed by atoms with Gasteiger partial charge in [-0.3, -0.25) is 4.79 Å². The molecule has 0 aromatic heterocycles. The van der Waals surface area contributed by atoms with Crippen LogP contribution in [0.2, 0.25) is 0 Å². The van der Waals surface area contributed by atoms with Crippen LogP contribution in [0.5, 0.6) is 11.5 Å². The summed E-state index contributed by atoms with van der Waals surface area (Å²) in [5.74, 6) is 1.59. The van der Waals surface area contributed by atoms with Crippen LogP contribution in [0.1, 0.15) is 83.3 Å². The number of hydrogen-bond acceptors (Lipinski definition) is 5. The van der Waals surface area contributed by atoms with E-state index in [0.29, 0.717) is 37.8 Å². The van der Waals surface area contributed by atoms with Crippen LogP contribution in [0.25, 0.3) is 0 Å². The van der Waals surface area contributed by atoms with Gasteiger partial charge in [-0.05, 0) is 50.4 Å². The summed E-state index contributed by atoms with van der Waals surface area (Å²) in [6.07, 6.45) is 8.52. The van der Waals surface area contributed by atoms with Gasteiger partial charge in [0.05, 0.1) is 6.10 Å². The predicted octanol–water partition coefficient (Wildman–Crippen LogP) is 4.91. The van der Waals surface area contributed by atoms with Gasteiger partial charge in [0, 0.05) is 31.3 Å². The minimum atomic E-state index is -0.683. The second-order valence-corrected chi connectivity index (χ2v) is 9.00. The highest BCUT2D eigenvalue weighted by Crippen LogP contribution is 2.36. The van der Waals surface area contributed by atoms with Gasteiger partial charge in [0.15, 0.2) is 11.5 Å². The first-order chi connectivity index (χ1) is 14.6. The number of rotatable bonds is 12. The van der Waals surface area contributed by atoms with Crippen LogP contribution in [0.15, 0.2) is 18.2 Å². The first-order valence-electron chi connectivity index (χ1n) is 11.9. The molecule has 0 saturated carbocycles. The Morgan fingerprint density at radius 2 is 1.93 bits per heavy atom. The lowest BCUT2D eigenvalue weighted by molar-refractivity contribution is -0.121. The van der Waals surface area contributed by atoms with E-state index in [0.717, 1.165) is 37.2 Å². The zero-order valence-electron chi connectivity index (χ0n) is 18.8. The van der Waals surface area contributed by atoms with E-state index in [1.807, 2.05) is 18.2 Å². The number of unbranched alkanes of at least 4 members (excludes halogenated alkanes) is 4. The molecule has 0 bridgehead atoms. The van der Waals surface area contributed by atoms with Crippen LogP contribution in [0.4, 0.5) is 0 Å². The molecule has 0 radical (unpaired) electrons. The quantitative estimate of drug-likeness (QED) is 0.490. The van der Waals surface area contributed by atoms with Crippen LogP contribution >= 0.6 is 0 Å². The average Bonchev–Trinajstić information content (AvgIpc) is 3.16. The van der Waals surface area contributed by atoms with Crippen molar-refractivity contribution in [2.24, 2.45) is 5.92 Å². The molecular formula is C25H39NO4. The van der Waals surface area contributed by atoms with Gasteiger partial charge in [-0.1, -0.05) is 38.7 Å². The largest absolute Gasteiger partial charge is 0.486 e. The predicted molar refractivity (Wildman–Crippen MR) is 119 cm³/mol. The van der Waals surface area contributed by atoms with Gasteiger partial charge in [0.1, 0.15) is 19.0 Å². The fourth-order valence-electron chi connectivity index (χ4n) is 4.68. The Morgan fingerprint density at radius 1 is 1.17 bits per heavy atom. The molecule has 1 fully saturated rings. The van der Waals surface area contributed by atoms with Gasteiger partial charge in [-0.25, -0.2) is 0 Å². The van der Waals surface area contributed by atoms with E-state index in [-0.39, 0.29) is 11.7 Å². The Balaban J connectivity index is 1.64. The standard InChI is InChI=1S/C25H39NO4/c1-3-4-5-6-7-10-22(27)16-21(18-26-13-8-9-19(26)2)25(28)20-11-12-23-24(17-20)30-15-14-29-23/h11-12,17,19,21,25,28H,3-10,13-16,18H2,1-2H3/t19-,21+,25+/m0/s1. The maximum Gasteiger partial charge on any atom is 0.161 e. The van der Waals surface area contributed by atoms with Crippen molar-refractivity contribution in [3.05, 3.63) is 23.8 Å². The summed E-state index contributed by atoms with van der Waals surface area (Å²) in [6, 6.07) is 6.19. The molecule has 168 valence electrons. The molecule has 1 saturated heterocycles. The molecule has 1 N–H and O–H groups in total. The topological polar surface area (TPSA) is 59.0 Å². The van der Waals surface area contributed by atoms with E-state index in [2.05, 4.69) is 18.7 Å². The number of hydrogen-bond donors (Lipinski definition) is 1. The van der Waals surface area contributed by atoms with Crippen LogP contribution in [-0.4, -0.2) is 48.1 Å². The second kappa shape index (κ2) is 11.7. The number of carbonyl (C=O) groups is 1. The highest BCUT2D eigenvalue weighted by Gasteiger charge is 2.30. The van der Waals surface area contributed by atoms with Crippen LogP contribution in [0.3, 0.4) is 0 Å². The van der Waals surface area contributed by atoms with E-state index in [1.165, 1.54) is 32.1 Å². The monoisotopic (exact) mass is 417 g/mol. The third-order valence-electron chi connectivity index (χ3n) is 6.56. The van der Waals surface area contributed by atoms with Crippen LogP contribution in [-0.2, 0) is 4.79 Å². The van der Waals surface area contributed by atoms with Crippen molar-refractivity contribution in [2.75, 3.05) is 26.3 Å². The minimum Gasteiger partial charge on any atom is -0.486 e. The zero-order valence-corrected chi connectivity index (χ0v) is 18.8. The summed E-state index contributed by atoms with van der Waals surface area (Å²) in [6.45, 7) is 7.34. The molecule has 30 heavy (non-hydrogen) atoms. The van der Waals surface area contributed by atoms with E-state index >= 15 is 0 Å². The highest BCUT2D eigenvalue weighted by molar-refractivity contribution is 5.78. The van der Waals surface area contributed by atoms with E-state index < -0.39 is 6.10 Å². The van der Waals surface area contributed by atoms with E-state index in [4.69, 9.17) is 9.47 Å². The molecule has 2 aliphatic heterocycles. The van der Waals surface area contributed by atoms with Crippen molar-refractivity contribution in [3.8, 4) is 11.5 Å². The summed E-state index contributed by atoms with van der Waals surface area (Å²) in [7, 11) is 0. The Kier molecular flexibility index (Phi) is 9.01. The number of ketones is 1. The number of fused-ring (bicyclic) bond motifs is 1. The number of likely N-dealkylation sites (tertiary alicyclic amines) is 1. The maximum atomic E-state index is 12.7. The molecule has 5 nitrogen and oxygen atoms in total. The molecule has 2 heterocycles. The van der Waals surface area contributed by atoms with Gasteiger partial charge >= 0.3 is 0 Å². The lowest BCUT2D eigenvalue weighted by Gasteiger charge is -2.30. The number of aliphatic hydroxyl groups is 1. The summed E-state index contributed by atoms with van der Waals surface area (Å²) in [4.78, 5) is 15.2. The molecule has 1 aromatic rings. The smallest absolute Gasteiger partial charge is 0.161 e. The molecule has 0 aliphatic carbocycles. The molecule has 3 atom stereocenters. The number of ether oxygens (including phenoxy) is 2. The molecule has 0 spiro atoms. The van der Waals surface area contributed by atoms with Crippen molar-refractivity contribution in [1.29, 1.82) is 0 Å². The van der Waals surface area contributed by atoms with Gasteiger partial charge < -0.3 is 19.5 Å². The van der Waals surface area contributed by atoms with Crippen molar-refractivity contribution in [1.82, 2.24) is 4.90 Å². The van der Waals surface area contributed by atoms with Crippen LogP contribution < -0.4 is 9.47 Å². The van der Waals surface area contributed by atoms with Gasteiger partial charge in [0.25, 0.3) is 0 Å². The lowest BCUT2D eigenvalue weighted by Crippen LogP contribution is -2.35. The SMILES string of the molecule is CCCCCCCC(=O)C[C@H](CN1CCC[C@@H]1C)[C@H](O)c1ccc2c(c1)OCCO2. The number of aliphatic hydroxyl groups excluding tert-OH is 1. The van der Waals surface area contributed by atoms with Gasteiger partial charge in [0.2, 0.25) is 0 Å². The summed E-state index contributed by atoms with van der Waals surface area (Å²) in [5.41, 5.74) is 0.812. The molecule has 0 unspecified atom stereocenters. The van der Waals surface area contributed by atoms with E-state index in [1.54, 1.807) is 0 Å². The summed E-state index contributed by atoms with van der Waals surface area (Å²) in [5, 5.41) is 11.2. The Morgan fingerprint density at radius 3 is 2.67 bits per heavy atom. The summed E-state index contributed by atoms with van der Waals surface area (Å²) < 4.78 is 11.3. The molecule has 2 aliphatic rings. The summed E-state index contributed by atoms with van der Waals surface area (Å²) >= 11 is 0. The number of benzene rings is 1. The molecule has 5 heteroatoms. The first kappa shape index (κ1) is 23.1. The van der Waals surface area contributed by atoms with Crippen molar-refractivity contribution in [3.63, 3.8) is 0 Å². The normalized spacial score (nSPS) is 20.8. The fraction of sp³-hybridized carbons (Fsp3) is 0.720. The fourth-order valence-corrected chi connectivity index (χ4v) is 4.68. The molecular weight excluding hydrogens is 378 g/mol. The first-order valence-corrected chi connectivity index (χ1v) is 11.9. The third kappa shape index (κ3) is 6.45. The molecule has 0 amide bonds. The molecule has 3 rings (SSSR count). The Hall–Kier alpha value is -1.59. The Labute approximate surface area is 181 Å². The van der Waals surface area contributed by atoms with Gasteiger partial charge in [-0.15, -0.1) is 0 Å². The number of carbonyl (C=O) groups excluding carboxylic acids is 1. The maximum absolute atomic E-state index is 12.7. The lowest BCUT2D eigenvalue weighted by atomic mass is 9.89.